The molecule has 1 saturated heterocycles. The highest BCUT2D eigenvalue weighted by molar-refractivity contribution is 5.80. The summed E-state index contributed by atoms with van der Waals surface area (Å²) in [6.45, 7) is 11.9. The molecule has 2 rings (SSSR count). The van der Waals surface area contributed by atoms with Crippen molar-refractivity contribution >= 4 is 5.96 Å². The minimum atomic E-state index is 0.240. The van der Waals surface area contributed by atoms with Crippen LogP contribution in [0.3, 0.4) is 0 Å². The van der Waals surface area contributed by atoms with Crippen molar-refractivity contribution in [1.82, 2.24) is 10.2 Å². The molecule has 1 aliphatic rings. The van der Waals surface area contributed by atoms with Crippen LogP contribution in [0.4, 0.5) is 0 Å². The molecule has 0 unspecified atom stereocenters. The molecule has 0 radical (unpaired) electrons. The van der Waals surface area contributed by atoms with Crippen molar-refractivity contribution in [3.8, 4) is 0 Å². The maximum Gasteiger partial charge on any atom is 0.194 e. The molecule has 1 aromatic carbocycles. The van der Waals surface area contributed by atoms with Gasteiger partial charge in [0.2, 0.25) is 0 Å². The molecular weight excluding hydrogens is 366 g/mol. The number of benzene rings is 1. The van der Waals surface area contributed by atoms with E-state index >= 15 is 0 Å². The average Bonchev–Trinajstić information content (AvgIpc) is 2.73. The molecule has 0 atom stereocenters. The summed E-state index contributed by atoms with van der Waals surface area (Å²) in [4.78, 5) is 7.24. The predicted molar refractivity (Wildman–Crippen MR) is 118 cm³/mol. The van der Waals surface area contributed by atoms with Crippen molar-refractivity contribution in [2.75, 3.05) is 40.0 Å². The molecule has 6 nitrogen and oxygen atoms in total. The Hall–Kier alpha value is -1.63. The van der Waals surface area contributed by atoms with E-state index in [2.05, 4.69) is 55.3 Å². The molecule has 0 aromatic heterocycles. The number of piperidine rings is 1. The van der Waals surface area contributed by atoms with Crippen LogP contribution in [0.25, 0.3) is 0 Å². The van der Waals surface area contributed by atoms with E-state index in [0.29, 0.717) is 19.3 Å². The highest BCUT2D eigenvalue weighted by Gasteiger charge is 2.21. The molecule has 0 aliphatic carbocycles. The van der Waals surface area contributed by atoms with E-state index < -0.39 is 0 Å². The van der Waals surface area contributed by atoms with Gasteiger partial charge in [0, 0.05) is 40.0 Å². The van der Waals surface area contributed by atoms with Gasteiger partial charge in [0.05, 0.1) is 25.4 Å². The van der Waals surface area contributed by atoms with E-state index in [1.165, 1.54) is 11.1 Å². The van der Waals surface area contributed by atoms with Gasteiger partial charge in [-0.3, -0.25) is 0 Å². The van der Waals surface area contributed by atoms with Gasteiger partial charge in [-0.25, -0.2) is 4.99 Å². The van der Waals surface area contributed by atoms with Crippen molar-refractivity contribution in [3.05, 3.63) is 35.4 Å². The molecule has 0 amide bonds. The second kappa shape index (κ2) is 13.6. The zero-order valence-corrected chi connectivity index (χ0v) is 18.7. The maximum absolute atomic E-state index is 5.98. The number of likely N-dealkylation sites (tertiary alicyclic amines) is 1. The van der Waals surface area contributed by atoms with Crippen LogP contribution >= 0.6 is 0 Å². The second-order valence-electron chi connectivity index (χ2n) is 7.75. The lowest BCUT2D eigenvalue weighted by Crippen LogP contribution is -2.47. The van der Waals surface area contributed by atoms with Gasteiger partial charge in [-0.15, -0.1) is 0 Å². The summed E-state index contributed by atoms with van der Waals surface area (Å²) >= 11 is 0. The zero-order valence-electron chi connectivity index (χ0n) is 18.7. The number of nitrogens with zero attached hydrogens (tertiary/aromatic N) is 2. The lowest BCUT2D eigenvalue weighted by atomic mass is 10.1. The number of nitrogens with one attached hydrogen (secondary N) is 1. The lowest BCUT2D eigenvalue weighted by Gasteiger charge is -2.34. The first-order valence-electron chi connectivity index (χ1n) is 11.0. The highest BCUT2D eigenvalue weighted by Crippen LogP contribution is 2.15. The first kappa shape index (κ1) is 23.6. The van der Waals surface area contributed by atoms with E-state index in [9.17, 15) is 0 Å². The Balaban J connectivity index is 1.86. The topological polar surface area (TPSA) is 55.3 Å². The van der Waals surface area contributed by atoms with E-state index in [1.807, 2.05) is 0 Å². The molecule has 0 saturated carbocycles. The van der Waals surface area contributed by atoms with E-state index in [-0.39, 0.29) is 6.10 Å². The van der Waals surface area contributed by atoms with Crippen molar-refractivity contribution in [3.63, 3.8) is 0 Å². The maximum atomic E-state index is 5.98. The largest absolute Gasteiger partial charge is 0.385 e. The molecule has 0 bridgehead atoms. The molecule has 0 spiro atoms. The molecule has 1 N–H and O–H groups in total. The second-order valence-corrected chi connectivity index (χ2v) is 7.75. The smallest absolute Gasteiger partial charge is 0.194 e. The third-order valence-electron chi connectivity index (χ3n) is 4.91. The number of ether oxygens (including phenoxy) is 3. The number of aliphatic imine (C=N–C) groups is 1. The third-order valence-corrected chi connectivity index (χ3v) is 4.91. The summed E-state index contributed by atoms with van der Waals surface area (Å²) in [5.41, 5.74) is 2.41. The molecule has 6 heteroatoms. The summed E-state index contributed by atoms with van der Waals surface area (Å²) in [7, 11) is 1.73. The Kier molecular flexibility index (Phi) is 11.1. The fraction of sp³-hybridized carbons (Fsp3) is 0.696. The summed E-state index contributed by atoms with van der Waals surface area (Å²) in [6.07, 6.45) is 3.63. The molecule has 1 aromatic rings. The standard InChI is InChI=1S/C23H39N3O3/c1-5-24-23(26-12-10-22(11-13-26)28-15-7-14-27-4)25-17-20-8-6-9-21(16-20)18-29-19(2)3/h6,8-9,16,19,22H,5,7,10-15,17-18H2,1-4H3,(H,24,25). The van der Waals surface area contributed by atoms with Crippen molar-refractivity contribution in [1.29, 1.82) is 0 Å². The van der Waals surface area contributed by atoms with Crippen LogP contribution in [0.5, 0.6) is 0 Å². The highest BCUT2D eigenvalue weighted by atomic mass is 16.5. The van der Waals surface area contributed by atoms with Gasteiger partial charge in [0.25, 0.3) is 0 Å². The van der Waals surface area contributed by atoms with Crippen LogP contribution < -0.4 is 5.32 Å². The van der Waals surface area contributed by atoms with Crippen molar-refractivity contribution in [2.24, 2.45) is 4.99 Å². The van der Waals surface area contributed by atoms with Gasteiger partial charge in [-0.05, 0) is 51.2 Å². The Morgan fingerprint density at radius 1 is 1.21 bits per heavy atom. The first-order valence-corrected chi connectivity index (χ1v) is 11.0. The zero-order chi connectivity index (χ0) is 20.9. The summed E-state index contributed by atoms with van der Waals surface area (Å²) in [5.74, 6) is 0.995. The fourth-order valence-electron chi connectivity index (χ4n) is 3.36. The first-order chi connectivity index (χ1) is 14.1. The van der Waals surface area contributed by atoms with E-state index in [0.717, 1.165) is 58.1 Å². The van der Waals surface area contributed by atoms with Crippen LogP contribution in [0.2, 0.25) is 0 Å². The number of hydrogen-bond acceptors (Lipinski definition) is 4. The molecular formula is C23H39N3O3. The molecule has 29 heavy (non-hydrogen) atoms. The van der Waals surface area contributed by atoms with Crippen molar-refractivity contribution in [2.45, 2.75) is 65.4 Å². The lowest BCUT2D eigenvalue weighted by molar-refractivity contribution is 0.00990. The Labute approximate surface area is 176 Å². The van der Waals surface area contributed by atoms with Crippen LogP contribution in [-0.4, -0.2) is 63.0 Å². The minimum absolute atomic E-state index is 0.240. The van der Waals surface area contributed by atoms with Gasteiger partial charge in [0.15, 0.2) is 5.96 Å². The number of guanidine groups is 1. The fourth-order valence-corrected chi connectivity index (χ4v) is 3.36. The number of rotatable bonds is 11. The quantitative estimate of drug-likeness (QED) is 0.346. The predicted octanol–water partition coefficient (Wildman–Crippen LogP) is 3.59. The van der Waals surface area contributed by atoms with Gasteiger partial charge >= 0.3 is 0 Å². The summed E-state index contributed by atoms with van der Waals surface area (Å²) in [6, 6.07) is 8.52. The molecule has 1 fully saturated rings. The minimum Gasteiger partial charge on any atom is -0.385 e. The monoisotopic (exact) mass is 405 g/mol. The third kappa shape index (κ3) is 9.15. The van der Waals surface area contributed by atoms with E-state index in [4.69, 9.17) is 19.2 Å². The molecule has 164 valence electrons. The van der Waals surface area contributed by atoms with Crippen LogP contribution in [0.1, 0.15) is 51.2 Å². The number of hydrogen-bond donors (Lipinski definition) is 1. The van der Waals surface area contributed by atoms with Crippen LogP contribution in [-0.2, 0) is 27.4 Å². The van der Waals surface area contributed by atoms with Crippen LogP contribution in [0, 0.1) is 0 Å². The van der Waals surface area contributed by atoms with Crippen molar-refractivity contribution < 1.29 is 14.2 Å². The average molecular weight is 406 g/mol. The van der Waals surface area contributed by atoms with Gasteiger partial charge in [-0.2, -0.15) is 0 Å². The Bertz CT molecular complexity index is 599. The summed E-state index contributed by atoms with van der Waals surface area (Å²) < 4.78 is 16.8. The molecule has 1 aliphatic heterocycles. The Morgan fingerprint density at radius 2 is 1.97 bits per heavy atom. The van der Waals surface area contributed by atoms with Gasteiger partial charge in [0.1, 0.15) is 0 Å². The number of methoxy groups -OCH3 is 1. The summed E-state index contributed by atoms with van der Waals surface area (Å²) in [5, 5.41) is 3.45. The van der Waals surface area contributed by atoms with Gasteiger partial charge < -0.3 is 24.4 Å². The van der Waals surface area contributed by atoms with Gasteiger partial charge in [-0.1, -0.05) is 24.3 Å². The Morgan fingerprint density at radius 3 is 2.66 bits per heavy atom. The SMILES string of the molecule is CCNC(=NCc1cccc(COC(C)C)c1)N1CCC(OCCCOC)CC1. The molecule has 1 heterocycles. The van der Waals surface area contributed by atoms with Crippen LogP contribution in [0.15, 0.2) is 29.3 Å². The normalized spacial score (nSPS) is 15.9. The van der Waals surface area contributed by atoms with E-state index in [1.54, 1.807) is 7.11 Å².